The number of nitrogens with one attached hydrogen (secondary N) is 1. The van der Waals surface area contributed by atoms with Crippen molar-refractivity contribution in [3.8, 4) is 0 Å². The molecule has 0 aliphatic carbocycles. The lowest BCUT2D eigenvalue weighted by Gasteiger charge is -2.22. The van der Waals surface area contributed by atoms with E-state index in [1.54, 1.807) is 0 Å². The van der Waals surface area contributed by atoms with E-state index in [0.717, 1.165) is 70.6 Å². The van der Waals surface area contributed by atoms with Gasteiger partial charge in [0.2, 0.25) is 5.91 Å². The number of allylic oxidation sites excluding steroid dienone is 4. The van der Waals surface area contributed by atoms with Crippen molar-refractivity contribution in [3.63, 3.8) is 0 Å². The van der Waals surface area contributed by atoms with Crippen LogP contribution in [0.25, 0.3) is 0 Å². The molecule has 0 saturated heterocycles. The predicted molar refractivity (Wildman–Crippen MR) is 324 cm³/mol. The van der Waals surface area contributed by atoms with Gasteiger partial charge in [-0.25, -0.2) is 0 Å². The zero-order valence-electron chi connectivity index (χ0n) is 50.1. The van der Waals surface area contributed by atoms with Gasteiger partial charge in [0.05, 0.1) is 25.4 Å². The molecule has 0 saturated carbocycles. The van der Waals surface area contributed by atoms with Crippen LogP contribution < -0.4 is 5.32 Å². The SMILES string of the molecule is CCCCCCCCCCCCCCCCCCCCCCCCCCC(O)C(CO)NC(=O)CCCCCCCCCCCC/C=C\C=C/CCCCCOC(=O)CCCCCCCCCCCCCCCC. The quantitative estimate of drug-likeness (QED) is 0.0320. The summed E-state index contributed by atoms with van der Waals surface area (Å²) >= 11 is 0. The fourth-order valence-electron chi connectivity index (χ4n) is 10.6. The van der Waals surface area contributed by atoms with Gasteiger partial charge in [0.1, 0.15) is 0 Å². The maximum absolute atomic E-state index is 12.5. The second kappa shape index (κ2) is 63.9. The largest absolute Gasteiger partial charge is 0.466 e. The normalized spacial score (nSPS) is 12.6. The first-order valence-electron chi connectivity index (χ1n) is 33.6. The van der Waals surface area contributed by atoms with Gasteiger partial charge in [-0.05, 0) is 57.8 Å². The van der Waals surface area contributed by atoms with Crippen LogP contribution in [0.1, 0.15) is 373 Å². The summed E-state index contributed by atoms with van der Waals surface area (Å²) in [5.41, 5.74) is 0. The highest BCUT2D eigenvalue weighted by Gasteiger charge is 2.20. The Hall–Kier alpha value is -1.66. The first-order valence-corrected chi connectivity index (χ1v) is 33.6. The third kappa shape index (κ3) is 59.6. The number of aliphatic hydroxyl groups excluding tert-OH is 2. The molecule has 0 bridgehead atoms. The highest BCUT2D eigenvalue weighted by atomic mass is 16.5. The van der Waals surface area contributed by atoms with E-state index in [1.807, 2.05) is 0 Å². The first-order chi connectivity index (χ1) is 36.5. The molecule has 0 aliphatic heterocycles. The molecule has 0 aromatic rings. The van der Waals surface area contributed by atoms with E-state index in [2.05, 4.69) is 43.5 Å². The second-order valence-electron chi connectivity index (χ2n) is 23.2. The molecule has 1 amide bonds. The van der Waals surface area contributed by atoms with E-state index >= 15 is 0 Å². The van der Waals surface area contributed by atoms with Crippen molar-refractivity contribution >= 4 is 11.9 Å². The van der Waals surface area contributed by atoms with E-state index in [1.165, 1.54) is 270 Å². The summed E-state index contributed by atoms with van der Waals surface area (Å²) in [4.78, 5) is 24.6. The van der Waals surface area contributed by atoms with Crippen LogP contribution in [0.4, 0.5) is 0 Å². The first kappa shape index (κ1) is 72.3. The van der Waals surface area contributed by atoms with Gasteiger partial charge >= 0.3 is 5.97 Å². The minimum Gasteiger partial charge on any atom is -0.466 e. The number of carbonyl (C=O) groups is 2. The van der Waals surface area contributed by atoms with E-state index < -0.39 is 12.1 Å². The summed E-state index contributed by atoms with van der Waals surface area (Å²) < 4.78 is 5.46. The lowest BCUT2D eigenvalue weighted by atomic mass is 10.0. The summed E-state index contributed by atoms with van der Waals surface area (Å²) in [5.74, 6) is -0.0506. The number of carbonyl (C=O) groups excluding carboxylic acids is 2. The number of hydrogen-bond donors (Lipinski definition) is 3. The molecule has 3 N–H and O–H groups in total. The lowest BCUT2D eigenvalue weighted by molar-refractivity contribution is -0.143. The van der Waals surface area contributed by atoms with Crippen molar-refractivity contribution in [3.05, 3.63) is 24.3 Å². The molecule has 0 radical (unpaired) electrons. The molecular formula is C68H131NO5. The molecule has 0 spiro atoms. The summed E-state index contributed by atoms with van der Waals surface area (Å²) in [6, 6.07) is -0.550. The standard InChI is InChI=1S/C68H131NO5/c1-3-5-7-9-11-13-15-17-19-20-21-22-23-24-25-27-30-33-36-40-44-48-52-56-60-66(71)65(64-70)69-67(72)61-57-53-49-45-41-37-34-31-28-26-29-32-35-39-43-47-51-55-59-63-74-68(73)62-58-54-50-46-42-38-18-16-14-12-10-8-6-4-2/h32,35,39,43,65-66,70-71H,3-31,33-34,36-38,40-42,44-64H2,1-2H3,(H,69,72)/b35-32-,43-39-. The molecule has 0 heterocycles. The Bertz CT molecular complexity index is 1150. The van der Waals surface area contributed by atoms with E-state index in [9.17, 15) is 19.8 Å². The minimum absolute atomic E-state index is 0.0101. The molecule has 438 valence electrons. The minimum atomic E-state index is -0.672. The molecule has 0 aliphatic rings. The van der Waals surface area contributed by atoms with Gasteiger partial charge in [0.15, 0.2) is 0 Å². The zero-order valence-corrected chi connectivity index (χ0v) is 50.1. The van der Waals surface area contributed by atoms with Crippen LogP contribution in [-0.2, 0) is 14.3 Å². The molecule has 0 fully saturated rings. The van der Waals surface area contributed by atoms with E-state index in [0.29, 0.717) is 25.9 Å². The van der Waals surface area contributed by atoms with E-state index in [-0.39, 0.29) is 18.5 Å². The predicted octanol–water partition coefficient (Wildman–Crippen LogP) is 21.4. The average Bonchev–Trinajstić information content (AvgIpc) is 3.40. The molecule has 0 aromatic carbocycles. The van der Waals surface area contributed by atoms with Gasteiger partial charge < -0.3 is 20.3 Å². The summed E-state index contributed by atoms with van der Waals surface area (Å²) in [7, 11) is 0. The van der Waals surface area contributed by atoms with Crippen molar-refractivity contribution < 1.29 is 24.5 Å². The van der Waals surface area contributed by atoms with Gasteiger partial charge in [-0.3, -0.25) is 9.59 Å². The molecular weight excluding hydrogens is 911 g/mol. The zero-order chi connectivity index (χ0) is 53.6. The maximum atomic E-state index is 12.5. The number of amides is 1. The Morgan fingerprint density at radius 1 is 0.378 bits per heavy atom. The Morgan fingerprint density at radius 2 is 0.662 bits per heavy atom. The number of rotatable bonds is 63. The Morgan fingerprint density at radius 3 is 1.00 bits per heavy atom. The average molecular weight is 1040 g/mol. The third-order valence-corrected chi connectivity index (χ3v) is 15.8. The number of esters is 1. The summed E-state index contributed by atoms with van der Waals surface area (Å²) in [6.45, 7) is 4.95. The second-order valence-corrected chi connectivity index (χ2v) is 23.2. The lowest BCUT2D eigenvalue weighted by Crippen LogP contribution is -2.45. The van der Waals surface area contributed by atoms with Crippen molar-refractivity contribution in [2.24, 2.45) is 0 Å². The molecule has 74 heavy (non-hydrogen) atoms. The molecule has 2 unspecified atom stereocenters. The van der Waals surface area contributed by atoms with Gasteiger partial charge in [0, 0.05) is 12.8 Å². The highest BCUT2D eigenvalue weighted by Crippen LogP contribution is 2.19. The number of unbranched alkanes of at least 4 members (excludes halogenated alkanes) is 49. The molecule has 0 rings (SSSR count). The van der Waals surface area contributed by atoms with Crippen LogP contribution in [0.5, 0.6) is 0 Å². The van der Waals surface area contributed by atoms with Crippen molar-refractivity contribution in [2.75, 3.05) is 13.2 Å². The van der Waals surface area contributed by atoms with Gasteiger partial charge in [-0.15, -0.1) is 0 Å². The topological polar surface area (TPSA) is 95.9 Å². The van der Waals surface area contributed by atoms with Crippen molar-refractivity contribution in [1.29, 1.82) is 0 Å². The van der Waals surface area contributed by atoms with Gasteiger partial charge in [0.25, 0.3) is 0 Å². The monoisotopic (exact) mass is 1040 g/mol. The van der Waals surface area contributed by atoms with Crippen molar-refractivity contribution in [1.82, 2.24) is 5.32 Å². The Kier molecular flexibility index (Phi) is 62.4. The van der Waals surface area contributed by atoms with Gasteiger partial charge in [-0.1, -0.05) is 327 Å². The molecule has 6 heteroatoms. The third-order valence-electron chi connectivity index (χ3n) is 15.8. The number of aliphatic hydroxyl groups is 2. The summed E-state index contributed by atoms with van der Waals surface area (Å²) in [6.07, 6.45) is 79.2. The highest BCUT2D eigenvalue weighted by molar-refractivity contribution is 5.76. The smallest absolute Gasteiger partial charge is 0.305 e. The molecule has 2 atom stereocenters. The van der Waals surface area contributed by atoms with Crippen LogP contribution in [0.2, 0.25) is 0 Å². The number of ether oxygens (including phenoxy) is 1. The Balaban J connectivity index is 3.46. The van der Waals surface area contributed by atoms with Crippen LogP contribution in [0.3, 0.4) is 0 Å². The van der Waals surface area contributed by atoms with Gasteiger partial charge in [-0.2, -0.15) is 0 Å². The fraction of sp³-hybridized carbons (Fsp3) is 0.912. The Labute approximate surface area is 462 Å². The van der Waals surface area contributed by atoms with Crippen LogP contribution >= 0.6 is 0 Å². The molecule has 6 nitrogen and oxygen atoms in total. The van der Waals surface area contributed by atoms with Crippen LogP contribution in [0.15, 0.2) is 24.3 Å². The maximum Gasteiger partial charge on any atom is 0.305 e. The molecule has 0 aromatic heterocycles. The number of hydrogen-bond acceptors (Lipinski definition) is 5. The van der Waals surface area contributed by atoms with Crippen LogP contribution in [-0.4, -0.2) is 47.4 Å². The van der Waals surface area contributed by atoms with E-state index in [4.69, 9.17) is 4.74 Å². The van der Waals surface area contributed by atoms with Crippen LogP contribution in [0, 0.1) is 0 Å². The summed E-state index contributed by atoms with van der Waals surface area (Å²) in [5, 5.41) is 23.4. The fourth-order valence-corrected chi connectivity index (χ4v) is 10.6. The van der Waals surface area contributed by atoms with Crippen molar-refractivity contribution in [2.45, 2.75) is 386 Å².